The van der Waals surface area contributed by atoms with E-state index in [0.717, 1.165) is 19.3 Å². The van der Waals surface area contributed by atoms with Gasteiger partial charge < -0.3 is 16.3 Å². The molecule has 5 heteroatoms. The quantitative estimate of drug-likeness (QED) is 0.277. The van der Waals surface area contributed by atoms with Gasteiger partial charge in [-0.25, -0.2) is 0 Å². The van der Waals surface area contributed by atoms with Crippen molar-refractivity contribution >= 4 is 11.7 Å². The van der Waals surface area contributed by atoms with Crippen LogP contribution < -0.4 is 11.1 Å². The molecule has 1 atom stereocenters. The van der Waals surface area contributed by atoms with Crippen LogP contribution in [-0.2, 0) is 4.79 Å². The minimum absolute atomic E-state index is 0.0200. The lowest BCUT2D eigenvalue weighted by atomic mass is 9.84. The molecule has 0 heterocycles. The molecular formula is C10H19N3O2. The Morgan fingerprint density at radius 3 is 2.47 bits per heavy atom. The predicted molar refractivity (Wildman–Crippen MR) is 57.5 cm³/mol. The molecule has 5 nitrogen and oxygen atoms in total. The monoisotopic (exact) mass is 213 g/mol. The van der Waals surface area contributed by atoms with E-state index in [4.69, 9.17) is 10.9 Å². The minimum atomic E-state index is -0.372. The SMILES string of the molecule is CC(C)C(NC(=O)C1CCC1)C(N)=NO. The number of nitrogens with two attached hydrogens (primary N) is 1. The van der Waals surface area contributed by atoms with Crippen LogP contribution in [0.2, 0.25) is 0 Å². The van der Waals surface area contributed by atoms with Crippen molar-refractivity contribution in [3.63, 3.8) is 0 Å². The standard InChI is InChI=1S/C10H19N3O2/c1-6(2)8(9(11)13-15)12-10(14)7-4-3-5-7/h6-8,15H,3-5H2,1-2H3,(H2,11,13)(H,12,14). The van der Waals surface area contributed by atoms with E-state index in [1.165, 1.54) is 0 Å². The summed E-state index contributed by atoms with van der Waals surface area (Å²) in [6.45, 7) is 3.84. The maximum atomic E-state index is 11.7. The van der Waals surface area contributed by atoms with Gasteiger partial charge in [-0.15, -0.1) is 0 Å². The molecule has 0 aromatic carbocycles. The Morgan fingerprint density at radius 2 is 2.13 bits per heavy atom. The molecule has 1 saturated carbocycles. The molecule has 1 aliphatic carbocycles. The Labute approximate surface area is 89.7 Å². The highest BCUT2D eigenvalue weighted by atomic mass is 16.4. The van der Waals surface area contributed by atoms with E-state index in [-0.39, 0.29) is 29.6 Å². The van der Waals surface area contributed by atoms with Gasteiger partial charge in [-0.05, 0) is 18.8 Å². The molecular weight excluding hydrogens is 194 g/mol. The average Bonchev–Trinajstić information content (AvgIpc) is 2.09. The average molecular weight is 213 g/mol. The zero-order valence-corrected chi connectivity index (χ0v) is 9.23. The van der Waals surface area contributed by atoms with Gasteiger partial charge >= 0.3 is 0 Å². The third-order valence-electron chi connectivity index (χ3n) is 2.87. The number of amides is 1. The lowest BCUT2D eigenvalue weighted by molar-refractivity contribution is -0.127. The molecule has 0 aliphatic heterocycles. The third-order valence-corrected chi connectivity index (χ3v) is 2.87. The molecule has 1 amide bonds. The molecule has 4 N–H and O–H groups in total. The van der Waals surface area contributed by atoms with Crippen molar-refractivity contribution in [1.29, 1.82) is 0 Å². The van der Waals surface area contributed by atoms with Gasteiger partial charge in [-0.3, -0.25) is 4.79 Å². The smallest absolute Gasteiger partial charge is 0.223 e. The molecule has 0 spiro atoms. The van der Waals surface area contributed by atoms with E-state index in [2.05, 4.69) is 10.5 Å². The lowest BCUT2D eigenvalue weighted by Gasteiger charge is -2.28. The Bertz CT molecular complexity index is 259. The minimum Gasteiger partial charge on any atom is -0.409 e. The van der Waals surface area contributed by atoms with Gasteiger partial charge in [-0.2, -0.15) is 0 Å². The number of hydrogen-bond donors (Lipinski definition) is 3. The zero-order valence-electron chi connectivity index (χ0n) is 9.23. The first-order valence-electron chi connectivity index (χ1n) is 5.34. The summed E-state index contributed by atoms with van der Waals surface area (Å²) in [4.78, 5) is 11.7. The fourth-order valence-electron chi connectivity index (χ4n) is 1.59. The molecule has 86 valence electrons. The summed E-state index contributed by atoms with van der Waals surface area (Å²) < 4.78 is 0. The fourth-order valence-corrected chi connectivity index (χ4v) is 1.59. The van der Waals surface area contributed by atoms with Crippen LogP contribution >= 0.6 is 0 Å². The van der Waals surface area contributed by atoms with Crippen LogP contribution in [0, 0.1) is 11.8 Å². The summed E-state index contributed by atoms with van der Waals surface area (Å²) in [6, 6.07) is -0.372. The number of oxime groups is 1. The summed E-state index contributed by atoms with van der Waals surface area (Å²) in [5.74, 6) is 0.326. The molecule has 1 aliphatic rings. The maximum Gasteiger partial charge on any atom is 0.223 e. The van der Waals surface area contributed by atoms with Crippen molar-refractivity contribution in [3.05, 3.63) is 0 Å². The van der Waals surface area contributed by atoms with Crippen LogP contribution in [0.25, 0.3) is 0 Å². The number of hydrogen-bond acceptors (Lipinski definition) is 3. The first-order chi connectivity index (χ1) is 7.06. The van der Waals surface area contributed by atoms with E-state index >= 15 is 0 Å². The highest BCUT2D eigenvalue weighted by molar-refractivity contribution is 5.90. The van der Waals surface area contributed by atoms with Crippen molar-refractivity contribution in [1.82, 2.24) is 5.32 Å². The molecule has 1 rings (SSSR count). The van der Waals surface area contributed by atoms with Crippen LogP contribution in [0.3, 0.4) is 0 Å². The second kappa shape index (κ2) is 5.00. The fraction of sp³-hybridized carbons (Fsp3) is 0.800. The van der Waals surface area contributed by atoms with Crippen molar-refractivity contribution in [3.8, 4) is 0 Å². The first kappa shape index (κ1) is 11.8. The van der Waals surface area contributed by atoms with Gasteiger partial charge in [0.05, 0.1) is 6.04 Å². The number of amidine groups is 1. The van der Waals surface area contributed by atoms with E-state index in [1.54, 1.807) is 0 Å². The Kier molecular flexibility index (Phi) is 3.94. The van der Waals surface area contributed by atoms with E-state index in [9.17, 15) is 4.79 Å². The molecule has 1 unspecified atom stereocenters. The van der Waals surface area contributed by atoms with Gasteiger partial charge in [0.1, 0.15) is 0 Å². The number of rotatable bonds is 4. The Morgan fingerprint density at radius 1 is 1.53 bits per heavy atom. The van der Waals surface area contributed by atoms with Gasteiger partial charge in [0.15, 0.2) is 5.84 Å². The van der Waals surface area contributed by atoms with Crippen LogP contribution in [0.1, 0.15) is 33.1 Å². The first-order valence-corrected chi connectivity index (χ1v) is 5.34. The van der Waals surface area contributed by atoms with E-state index < -0.39 is 0 Å². The Balaban J connectivity index is 2.54. The van der Waals surface area contributed by atoms with E-state index in [0.29, 0.717) is 0 Å². The highest BCUT2D eigenvalue weighted by Crippen LogP contribution is 2.26. The highest BCUT2D eigenvalue weighted by Gasteiger charge is 2.29. The maximum absolute atomic E-state index is 11.7. The summed E-state index contributed by atoms with van der Waals surface area (Å²) in [6.07, 6.45) is 3.02. The summed E-state index contributed by atoms with van der Waals surface area (Å²) >= 11 is 0. The summed E-state index contributed by atoms with van der Waals surface area (Å²) in [5, 5.41) is 14.3. The molecule has 0 aromatic rings. The summed E-state index contributed by atoms with van der Waals surface area (Å²) in [5.41, 5.74) is 5.51. The van der Waals surface area contributed by atoms with Crippen LogP contribution in [0.5, 0.6) is 0 Å². The molecule has 0 bridgehead atoms. The van der Waals surface area contributed by atoms with Crippen molar-refractivity contribution in [2.24, 2.45) is 22.7 Å². The normalized spacial score (nSPS) is 19.8. The van der Waals surface area contributed by atoms with Crippen LogP contribution in [-0.4, -0.2) is 23.0 Å². The molecule has 0 radical (unpaired) electrons. The molecule has 1 fully saturated rings. The predicted octanol–water partition coefficient (Wildman–Crippen LogP) is 0.674. The second-order valence-electron chi connectivity index (χ2n) is 4.38. The van der Waals surface area contributed by atoms with Crippen LogP contribution in [0.4, 0.5) is 0 Å². The number of carbonyl (C=O) groups is 1. The Hall–Kier alpha value is -1.26. The van der Waals surface area contributed by atoms with E-state index in [1.807, 2.05) is 13.8 Å². The van der Waals surface area contributed by atoms with Gasteiger partial charge in [0.25, 0.3) is 0 Å². The zero-order chi connectivity index (χ0) is 11.4. The molecule has 15 heavy (non-hydrogen) atoms. The molecule has 0 aromatic heterocycles. The largest absolute Gasteiger partial charge is 0.409 e. The number of carbonyl (C=O) groups excluding carboxylic acids is 1. The van der Waals surface area contributed by atoms with Gasteiger partial charge in [-0.1, -0.05) is 25.4 Å². The lowest BCUT2D eigenvalue weighted by Crippen LogP contribution is -2.50. The van der Waals surface area contributed by atoms with Gasteiger partial charge in [0, 0.05) is 5.92 Å². The topological polar surface area (TPSA) is 87.7 Å². The number of nitrogens with one attached hydrogen (secondary N) is 1. The van der Waals surface area contributed by atoms with Crippen molar-refractivity contribution in [2.75, 3.05) is 0 Å². The third kappa shape index (κ3) is 2.84. The van der Waals surface area contributed by atoms with Crippen molar-refractivity contribution in [2.45, 2.75) is 39.2 Å². The second-order valence-corrected chi connectivity index (χ2v) is 4.38. The number of nitrogens with zero attached hydrogens (tertiary/aromatic N) is 1. The van der Waals surface area contributed by atoms with Crippen LogP contribution in [0.15, 0.2) is 5.16 Å². The van der Waals surface area contributed by atoms with Gasteiger partial charge in [0.2, 0.25) is 5.91 Å². The van der Waals surface area contributed by atoms with Crippen molar-refractivity contribution < 1.29 is 10.0 Å². The molecule has 0 saturated heterocycles. The summed E-state index contributed by atoms with van der Waals surface area (Å²) in [7, 11) is 0.